The molecular formula is C10H11NO. The normalized spacial score (nSPS) is 26.8. The summed E-state index contributed by atoms with van der Waals surface area (Å²) < 4.78 is 0. The van der Waals surface area contributed by atoms with Gasteiger partial charge < -0.3 is 0 Å². The molecule has 2 heteroatoms. The van der Waals surface area contributed by atoms with Crippen molar-refractivity contribution in [2.75, 3.05) is 0 Å². The van der Waals surface area contributed by atoms with Gasteiger partial charge in [0.15, 0.2) is 0 Å². The smallest absolute Gasteiger partial charge is 0.148 e. The molecular weight excluding hydrogens is 150 g/mol. The van der Waals surface area contributed by atoms with Crippen molar-refractivity contribution in [2.45, 2.75) is 19.0 Å². The van der Waals surface area contributed by atoms with Gasteiger partial charge in [-0.1, -0.05) is 30.3 Å². The van der Waals surface area contributed by atoms with E-state index in [0.717, 1.165) is 0 Å². The lowest BCUT2D eigenvalue weighted by atomic mass is 10.1. The summed E-state index contributed by atoms with van der Waals surface area (Å²) in [5.74, 6) is 0.226. The number of rotatable bonds is 2. The van der Waals surface area contributed by atoms with Crippen molar-refractivity contribution < 1.29 is 4.79 Å². The summed E-state index contributed by atoms with van der Waals surface area (Å²) in [4.78, 5) is 10.9. The minimum Gasteiger partial charge on any atom is -0.298 e. The minimum absolute atomic E-state index is 0.0624. The molecule has 0 radical (unpaired) electrons. The lowest BCUT2D eigenvalue weighted by Gasteiger charge is -1.93. The maximum absolute atomic E-state index is 10.9. The molecule has 1 aliphatic heterocycles. The Hall–Kier alpha value is -1.15. The lowest BCUT2D eigenvalue weighted by Crippen LogP contribution is -2.03. The summed E-state index contributed by atoms with van der Waals surface area (Å²) in [5, 5.41) is 3.13. The highest BCUT2D eigenvalue weighted by Crippen LogP contribution is 2.29. The van der Waals surface area contributed by atoms with E-state index in [1.165, 1.54) is 5.56 Å². The van der Waals surface area contributed by atoms with E-state index in [9.17, 15) is 4.79 Å². The zero-order valence-corrected chi connectivity index (χ0v) is 6.95. The number of benzene rings is 1. The van der Waals surface area contributed by atoms with Gasteiger partial charge in [0.05, 0.1) is 12.1 Å². The van der Waals surface area contributed by atoms with Crippen LogP contribution in [-0.4, -0.2) is 11.8 Å². The summed E-state index contributed by atoms with van der Waals surface area (Å²) in [7, 11) is 0. The quantitative estimate of drug-likeness (QED) is 0.664. The molecule has 2 rings (SSSR count). The number of hydrogen-bond donors (Lipinski definition) is 1. The van der Waals surface area contributed by atoms with Crippen molar-refractivity contribution in [3.05, 3.63) is 35.9 Å². The Kier molecular flexibility index (Phi) is 1.70. The molecule has 1 fully saturated rings. The van der Waals surface area contributed by atoms with Crippen molar-refractivity contribution in [3.8, 4) is 0 Å². The van der Waals surface area contributed by atoms with Crippen LogP contribution in [0.15, 0.2) is 30.3 Å². The molecule has 1 saturated heterocycles. The molecule has 12 heavy (non-hydrogen) atoms. The van der Waals surface area contributed by atoms with E-state index >= 15 is 0 Å². The number of carbonyl (C=O) groups excluding carboxylic acids is 1. The highest BCUT2D eigenvalue weighted by molar-refractivity contribution is 5.85. The van der Waals surface area contributed by atoms with Crippen LogP contribution in [-0.2, 0) is 4.79 Å². The molecule has 0 aliphatic carbocycles. The predicted molar refractivity (Wildman–Crippen MR) is 46.8 cm³/mol. The molecule has 0 saturated carbocycles. The first-order chi connectivity index (χ1) is 5.79. The molecule has 0 amide bonds. The third-order valence-corrected chi connectivity index (χ3v) is 2.18. The molecule has 2 atom stereocenters. The Balaban J connectivity index is 2.11. The average molecular weight is 161 g/mol. The molecule has 0 aromatic heterocycles. The van der Waals surface area contributed by atoms with Gasteiger partial charge >= 0.3 is 0 Å². The molecule has 2 nitrogen and oxygen atoms in total. The van der Waals surface area contributed by atoms with Crippen LogP contribution in [0.3, 0.4) is 0 Å². The van der Waals surface area contributed by atoms with Crippen molar-refractivity contribution in [1.82, 2.24) is 5.32 Å². The van der Waals surface area contributed by atoms with E-state index in [-0.39, 0.29) is 17.9 Å². The number of hydrogen-bond acceptors (Lipinski definition) is 2. The molecule has 62 valence electrons. The summed E-state index contributed by atoms with van der Waals surface area (Å²) in [5.41, 5.74) is 1.21. The topological polar surface area (TPSA) is 39.0 Å². The fourth-order valence-electron chi connectivity index (χ4n) is 1.44. The van der Waals surface area contributed by atoms with Crippen LogP contribution >= 0.6 is 0 Å². The first kappa shape index (κ1) is 7.50. The third kappa shape index (κ3) is 1.25. The zero-order chi connectivity index (χ0) is 8.55. The van der Waals surface area contributed by atoms with Gasteiger partial charge in [-0.05, 0) is 12.5 Å². The van der Waals surface area contributed by atoms with E-state index in [1.807, 2.05) is 30.3 Å². The van der Waals surface area contributed by atoms with Crippen LogP contribution in [0.1, 0.15) is 18.5 Å². The Morgan fingerprint density at radius 3 is 2.50 bits per heavy atom. The maximum atomic E-state index is 10.9. The van der Waals surface area contributed by atoms with Gasteiger partial charge in [0.1, 0.15) is 5.78 Å². The zero-order valence-electron chi connectivity index (χ0n) is 6.95. The summed E-state index contributed by atoms with van der Waals surface area (Å²) in [6.07, 6.45) is 0. The second-order valence-corrected chi connectivity index (χ2v) is 3.14. The second-order valence-electron chi connectivity index (χ2n) is 3.14. The summed E-state index contributed by atoms with van der Waals surface area (Å²) in [6.45, 7) is 1.63. The van der Waals surface area contributed by atoms with Crippen LogP contribution in [0.5, 0.6) is 0 Å². The van der Waals surface area contributed by atoms with E-state index in [4.69, 9.17) is 0 Å². The monoisotopic (exact) mass is 161 g/mol. The van der Waals surface area contributed by atoms with Gasteiger partial charge in [-0.15, -0.1) is 0 Å². The molecule has 1 aliphatic rings. The Bertz CT molecular complexity index is 294. The van der Waals surface area contributed by atoms with Crippen LogP contribution in [0.4, 0.5) is 0 Å². The Morgan fingerprint density at radius 1 is 1.33 bits per heavy atom. The first-order valence-electron chi connectivity index (χ1n) is 4.10. The van der Waals surface area contributed by atoms with E-state index in [2.05, 4.69) is 5.32 Å². The number of ketones is 1. The van der Waals surface area contributed by atoms with Crippen molar-refractivity contribution in [3.63, 3.8) is 0 Å². The van der Waals surface area contributed by atoms with Crippen molar-refractivity contribution >= 4 is 5.78 Å². The van der Waals surface area contributed by atoms with Crippen LogP contribution < -0.4 is 5.32 Å². The minimum atomic E-state index is 0.0624. The van der Waals surface area contributed by atoms with Gasteiger partial charge in [-0.3, -0.25) is 10.1 Å². The van der Waals surface area contributed by atoms with Crippen LogP contribution in [0.2, 0.25) is 0 Å². The number of carbonyl (C=O) groups is 1. The van der Waals surface area contributed by atoms with Gasteiger partial charge in [-0.2, -0.15) is 0 Å². The Morgan fingerprint density at radius 2 is 2.00 bits per heavy atom. The second kappa shape index (κ2) is 2.72. The van der Waals surface area contributed by atoms with Crippen LogP contribution in [0, 0.1) is 0 Å². The summed E-state index contributed by atoms with van der Waals surface area (Å²) >= 11 is 0. The number of nitrogens with one attached hydrogen (secondary N) is 1. The highest BCUT2D eigenvalue weighted by atomic mass is 16.1. The first-order valence-corrected chi connectivity index (χ1v) is 4.10. The largest absolute Gasteiger partial charge is 0.298 e. The molecule has 1 heterocycles. The summed E-state index contributed by atoms with van der Waals surface area (Å²) in [6, 6.07) is 10.4. The Labute approximate surface area is 71.6 Å². The van der Waals surface area contributed by atoms with Crippen LogP contribution in [0.25, 0.3) is 0 Å². The fraction of sp³-hybridized carbons (Fsp3) is 0.300. The lowest BCUT2D eigenvalue weighted by molar-refractivity contribution is -0.116. The predicted octanol–water partition coefficient (Wildman–Crippen LogP) is 1.29. The van der Waals surface area contributed by atoms with E-state index < -0.39 is 0 Å². The third-order valence-electron chi connectivity index (χ3n) is 2.18. The molecule has 0 spiro atoms. The van der Waals surface area contributed by atoms with Gasteiger partial charge in [0, 0.05) is 0 Å². The highest BCUT2D eigenvalue weighted by Gasteiger charge is 2.40. The van der Waals surface area contributed by atoms with E-state index in [0.29, 0.717) is 0 Å². The molecule has 1 N–H and O–H groups in total. The van der Waals surface area contributed by atoms with Gasteiger partial charge in [-0.25, -0.2) is 0 Å². The van der Waals surface area contributed by atoms with Crippen molar-refractivity contribution in [2.24, 2.45) is 0 Å². The molecule has 1 aromatic carbocycles. The average Bonchev–Trinajstić information content (AvgIpc) is 2.84. The van der Waals surface area contributed by atoms with Gasteiger partial charge in [0.25, 0.3) is 0 Å². The maximum Gasteiger partial charge on any atom is 0.148 e. The van der Waals surface area contributed by atoms with Gasteiger partial charge in [0.2, 0.25) is 0 Å². The standard InChI is InChI=1S/C10H11NO/c1-7(12)9-10(11-9)8-5-3-2-4-6-8/h2-6,9-11H,1H3/t9-,10-/m1/s1. The molecule has 0 bridgehead atoms. The number of Topliss-reactive ketones (excluding diaryl/α,β-unsaturated/α-hetero) is 1. The van der Waals surface area contributed by atoms with E-state index in [1.54, 1.807) is 6.92 Å². The fourth-order valence-corrected chi connectivity index (χ4v) is 1.44. The molecule has 1 aromatic rings. The molecule has 0 unspecified atom stereocenters. The SMILES string of the molecule is CC(=O)[C@H]1N[C@@H]1c1ccccc1. The van der Waals surface area contributed by atoms with Crippen molar-refractivity contribution in [1.29, 1.82) is 0 Å².